The molecule has 0 aliphatic carbocycles. The molecule has 1 aliphatic rings. The Bertz CT molecular complexity index is 357. The Kier molecular flexibility index (Phi) is 2.39. The number of para-hydroxylation sites is 1. The lowest BCUT2D eigenvalue weighted by atomic mass is 10.2. The lowest BCUT2D eigenvalue weighted by molar-refractivity contribution is 0.950. The fraction of sp³-hybridized carbons (Fsp3) is 0.364. The smallest absolute Gasteiger partial charge is 0.198 e. The predicted octanol–water partition coefficient (Wildman–Crippen LogP) is 1.39. The van der Waals surface area contributed by atoms with E-state index in [1.807, 2.05) is 13.1 Å². The van der Waals surface area contributed by atoms with Gasteiger partial charge < -0.3 is 10.2 Å². The summed E-state index contributed by atoms with van der Waals surface area (Å²) >= 11 is 0. The second-order valence-electron chi connectivity index (χ2n) is 3.48. The Morgan fingerprint density at radius 1 is 1.36 bits per heavy atom. The molecule has 2 rings (SSSR count). The minimum atomic E-state index is 0.881. The first-order chi connectivity index (χ1) is 6.79. The van der Waals surface area contributed by atoms with E-state index >= 15 is 0 Å². The number of aryl methyl sites for hydroxylation is 1. The van der Waals surface area contributed by atoms with Gasteiger partial charge in [-0.25, -0.2) is 0 Å². The number of rotatable bonds is 1. The summed E-state index contributed by atoms with van der Waals surface area (Å²) < 4.78 is 0. The van der Waals surface area contributed by atoms with E-state index in [4.69, 9.17) is 0 Å². The summed E-state index contributed by atoms with van der Waals surface area (Å²) in [5.41, 5.74) is 2.48. The van der Waals surface area contributed by atoms with Crippen molar-refractivity contribution < 1.29 is 0 Å². The molecule has 3 nitrogen and oxygen atoms in total. The normalized spacial score (nSPS) is 14.9. The molecule has 0 unspecified atom stereocenters. The topological polar surface area (TPSA) is 27.6 Å². The van der Waals surface area contributed by atoms with Crippen LogP contribution >= 0.6 is 0 Å². The van der Waals surface area contributed by atoms with Gasteiger partial charge in [0, 0.05) is 19.3 Å². The molecule has 0 radical (unpaired) electrons. The second kappa shape index (κ2) is 3.70. The van der Waals surface area contributed by atoms with Crippen LogP contribution in [0.2, 0.25) is 0 Å². The number of hydrogen-bond donors (Lipinski definition) is 1. The molecule has 1 aliphatic heterocycles. The van der Waals surface area contributed by atoms with Crippen LogP contribution in [0.25, 0.3) is 0 Å². The van der Waals surface area contributed by atoms with Crippen molar-refractivity contribution in [3.63, 3.8) is 0 Å². The molecule has 1 N–H and O–H groups in total. The van der Waals surface area contributed by atoms with Gasteiger partial charge in [0.1, 0.15) is 0 Å². The zero-order valence-electron chi connectivity index (χ0n) is 8.62. The highest BCUT2D eigenvalue weighted by molar-refractivity contribution is 5.97. The zero-order valence-corrected chi connectivity index (χ0v) is 8.62. The van der Waals surface area contributed by atoms with E-state index in [0.717, 1.165) is 19.0 Å². The van der Waals surface area contributed by atoms with Crippen molar-refractivity contribution in [3.05, 3.63) is 29.8 Å². The highest BCUT2D eigenvalue weighted by atomic mass is 15.3. The van der Waals surface area contributed by atoms with Gasteiger partial charge in [-0.3, -0.25) is 4.99 Å². The third kappa shape index (κ3) is 1.58. The molecule has 0 saturated carbocycles. The fourth-order valence-corrected chi connectivity index (χ4v) is 1.66. The summed E-state index contributed by atoms with van der Waals surface area (Å²) in [7, 11) is 2.04. The van der Waals surface area contributed by atoms with Crippen molar-refractivity contribution in [3.8, 4) is 0 Å². The third-order valence-corrected chi connectivity index (χ3v) is 2.45. The van der Waals surface area contributed by atoms with E-state index in [0.29, 0.717) is 0 Å². The SMILES string of the molecule is Cc1ccccc1N(C)C1=NCCN1. The Morgan fingerprint density at radius 3 is 2.79 bits per heavy atom. The summed E-state index contributed by atoms with van der Waals surface area (Å²) in [6, 6.07) is 8.32. The molecule has 0 atom stereocenters. The molecule has 3 heteroatoms. The number of aliphatic imine (C=N–C) groups is 1. The van der Waals surface area contributed by atoms with Gasteiger partial charge in [0.05, 0.1) is 6.54 Å². The average molecular weight is 189 g/mol. The average Bonchev–Trinajstić information content (AvgIpc) is 2.70. The van der Waals surface area contributed by atoms with E-state index in [1.165, 1.54) is 11.3 Å². The number of guanidine groups is 1. The molecular weight excluding hydrogens is 174 g/mol. The van der Waals surface area contributed by atoms with Gasteiger partial charge in [-0.05, 0) is 18.6 Å². The largest absolute Gasteiger partial charge is 0.354 e. The molecule has 0 spiro atoms. The number of benzene rings is 1. The van der Waals surface area contributed by atoms with E-state index in [2.05, 4.69) is 40.3 Å². The fourth-order valence-electron chi connectivity index (χ4n) is 1.66. The molecule has 0 aromatic heterocycles. The van der Waals surface area contributed by atoms with Gasteiger partial charge in [-0.1, -0.05) is 18.2 Å². The highest BCUT2D eigenvalue weighted by Crippen LogP contribution is 2.18. The van der Waals surface area contributed by atoms with E-state index in [1.54, 1.807) is 0 Å². The number of hydrogen-bond acceptors (Lipinski definition) is 3. The van der Waals surface area contributed by atoms with Crippen LogP contribution in [0.3, 0.4) is 0 Å². The van der Waals surface area contributed by atoms with Crippen molar-refractivity contribution >= 4 is 11.6 Å². The van der Waals surface area contributed by atoms with Crippen LogP contribution in [0.1, 0.15) is 5.56 Å². The standard InChI is InChI=1S/C11H15N3/c1-9-5-3-4-6-10(9)14(2)11-12-7-8-13-11/h3-6H,7-8H2,1-2H3,(H,12,13). The third-order valence-electron chi connectivity index (χ3n) is 2.45. The lowest BCUT2D eigenvalue weighted by Crippen LogP contribution is -2.36. The number of nitrogens with one attached hydrogen (secondary N) is 1. The Labute approximate surface area is 84.5 Å². The predicted molar refractivity (Wildman–Crippen MR) is 59.9 cm³/mol. The Morgan fingerprint density at radius 2 is 2.14 bits per heavy atom. The maximum atomic E-state index is 4.38. The van der Waals surface area contributed by atoms with Crippen LogP contribution in [-0.4, -0.2) is 26.1 Å². The summed E-state index contributed by atoms with van der Waals surface area (Å²) in [6.07, 6.45) is 0. The maximum Gasteiger partial charge on any atom is 0.198 e. The first-order valence-electron chi connectivity index (χ1n) is 4.87. The molecule has 14 heavy (non-hydrogen) atoms. The Hall–Kier alpha value is -1.51. The second-order valence-corrected chi connectivity index (χ2v) is 3.48. The van der Waals surface area contributed by atoms with Crippen LogP contribution in [0, 0.1) is 6.92 Å². The van der Waals surface area contributed by atoms with Crippen molar-refractivity contribution in [1.29, 1.82) is 0 Å². The van der Waals surface area contributed by atoms with Gasteiger partial charge >= 0.3 is 0 Å². The maximum absolute atomic E-state index is 4.38. The number of nitrogens with zero attached hydrogens (tertiary/aromatic N) is 2. The first kappa shape index (κ1) is 9.06. The van der Waals surface area contributed by atoms with Crippen molar-refractivity contribution in [1.82, 2.24) is 5.32 Å². The van der Waals surface area contributed by atoms with Gasteiger partial charge in [0.2, 0.25) is 0 Å². The molecule has 1 aromatic carbocycles. The van der Waals surface area contributed by atoms with Crippen LogP contribution in [0.5, 0.6) is 0 Å². The minimum absolute atomic E-state index is 0.881. The van der Waals surface area contributed by atoms with Crippen LogP contribution in [0.4, 0.5) is 5.69 Å². The molecule has 0 fully saturated rings. The molecule has 74 valence electrons. The molecular formula is C11H15N3. The van der Waals surface area contributed by atoms with E-state index < -0.39 is 0 Å². The van der Waals surface area contributed by atoms with Crippen molar-refractivity contribution in [2.75, 3.05) is 25.0 Å². The quantitative estimate of drug-likeness (QED) is 0.723. The summed E-state index contributed by atoms with van der Waals surface area (Å²) in [5.74, 6) is 0.972. The molecule has 0 amide bonds. The summed E-state index contributed by atoms with van der Waals surface area (Å²) in [5, 5.41) is 3.26. The van der Waals surface area contributed by atoms with E-state index in [9.17, 15) is 0 Å². The number of anilines is 1. The Balaban J connectivity index is 2.26. The monoisotopic (exact) mass is 189 g/mol. The summed E-state index contributed by atoms with van der Waals surface area (Å²) in [4.78, 5) is 6.48. The van der Waals surface area contributed by atoms with Crippen LogP contribution in [-0.2, 0) is 0 Å². The molecule has 1 heterocycles. The summed E-state index contributed by atoms with van der Waals surface area (Å²) in [6.45, 7) is 3.94. The molecule has 0 bridgehead atoms. The van der Waals surface area contributed by atoms with Gasteiger partial charge in [0.25, 0.3) is 0 Å². The van der Waals surface area contributed by atoms with Gasteiger partial charge in [0.15, 0.2) is 5.96 Å². The van der Waals surface area contributed by atoms with Gasteiger partial charge in [-0.15, -0.1) is 0 Å². The molecule has 1 aromatic rings. The van der Waals surface area contributed by atoms with E-state index in [-0.39, 0.29) is 0 Å². The minimum Gasteiger partial charge on any atom is -0.354 e. The van der Waals surface area contributed by atoms with Crippen molar-refractivity contribution in [2.45, 2.75) is 6.92 Å². The first-order valence-corrected chi connectivity index (χ1v) is 4.87. The van der Waals surface area contributed by atoms with Crippen LogP contribution in [0.15, 0.2) is 29.3 Å². The highest BCUT2D eigenvalue weighted by Gasteiger charge is 2.12. The molecule has 0 saturated heterocycles. The van der Waals surface area contributed by atoms with Crippen molar-refractivity contribution in [2.24, 2.45) is 4.99 Å². The van der Waals surface area contributed by atoms with Gasteiger partial charge in [-0.2, -0.15) is 0 Å². The zero-order chi connectivity index (χ0) is 9.97. The lowest BCUT2D eigenvalue weighted by Gasteiger charge is -2.20. The van der Waals surface area contributed by atoms with Crippen LogP contribution < -0.4 is 10.2 Å².